The Kier molecular flexibility index (Phi) is 1.24. The molecule has 0 amide bonds. The van der Waals surface area contributed by atoms with Gasteiger partial charge in [-0.25, -0.2) is 5.01 Å². The average Bonchev–Trinajstić information content (AvgIpc) is 2.64. The largest absolute Gasteiger partial charge is 0.323 e. The minimum absolute atomic E-state index is 0.579. The molecule has 56 valence electrons. The molecule has 0 radical (unpaired) electrons. The van der Waals surface area contributed by atoms with Gasteiger partial charge in [-0.05, 0) is 31.8 Å². The lowest BCUT2D eigenvalue weighted by molar-refractivity contribution is 0.256. The molecule has 1 saturated carbocycles. The van der Waals surface area contributed by atoms with Gasteiger partial charge in [-0.2, -0.15) is 0 Å². The van der Waals surface area contributed by atoms with Gasteiger partial charge in [0.2, 0.25) is 0 Å². The first-order valence-corrected chi connectivity index (χ1v) is 3.98. The number of hydrogen-bond acceptors (Lipinski definition) is 2. The van der Waals surface area contributed by atoms with Gasteiger partial charge in [0.05, 0.1) is 0 Å². The van der Waals surface area contributed by atoms with E-state index >= 15 is 0 Å². The van der Waals surface area contributed by atoms with E-state index in [1.54, 1.807) is 0 Å². The van der Waals surface area contributed by atoms with Crippen LogP contribution in [-0.2, 0) is 0 Å². The van der Waals surface area contributed by atoms with Crippen LogP contribution in [0.15, 0.2) is 11.8 Å². The molecule has 0 saturated heterocycles. The first-order valence-electron chi connectivity index (χ1n) is 3.98. The van der Waals surface area contributed by atoms with Gasteiger partial charge in [-0.15, -0.1) is 0 Å². The average molecular weight is 138 g/mol. The van der Waals surface area contributed by atoms with Crippen molar-refractivity contribution in [3.63, 3.8) is 0 Å². The van der Waals surface area contributed by atoms with Crippen molar-refractivity contribution in [2.45, 2.75) is 25.8 Å². The zero-order valence-electron chi connectivity index (χ0n) is 6.59. The Hall–Kier alpha value is -0.500. The van der Waals surface area contributed by atoms with Crippen LogP contribution in [0.5, 0.6) is 0 Å². The molecule has 2 rings (SSSR count). The van der Waals surface area contributed by atoms with Crippen LogP contribution in [0.1, 0.15) is 19.8 Å². The smallest absolute Gasteiger partial charge is 0.0459 e. The van der Waals surface area contributed by atoms with E-state index in [1.807, 2.05) is 0 Å². The third-order valence-corrected chi connectivity index (χ3v) is 2.35. The third-order valence-electron chi connectivity index (χ3n) is 2.35. The van der Waals surface area contributed by atoms with Crippen molar-refractivity contribution in [1.29, 1.82) is 0 Å². The van der Waals surface area contributed by atoms with E-state index < -0.39 is 0 Å². The topological polar surface area (TPSA) is 15.3 Å². The van der Waals surface area contributed by atoms with Crippen LogP contribution in [0.3, 0.4) is 0 Å². The second-order valence-corrected chi connectivity index (χ2v) is 3.36. The molecular weight excluding hydrogens is 124 g/mol. The Labute approximate surface area is 61.9 Å². The van der Waals surface area contributed by atoms with Gasteiger partial charge in [0.15, 0.2) is 0 Å². The van der Waals surface area contributed by atoms with Crippen LogP contribution >= 0.6 is 0 Å². The highest BCUT2D eigenvalue weighted by Crippen LogP contribution is 2.36. The summed E-state index contributed by atoms with van der Waals surface area (Å²) in [5.74, 6) is 0.868. The summed E-state index contributed by atoms with van der Waals surface area (Å²) in [7, 11) is 2.09. The summed E-state index contributed by atoms with van der Waals surface area (Å²) < 4.78 is 0. The highest BCUT2D eigenvalue weighted by molar-refractivity contribution is 5.16. The lowest BCUT2D eigenvalue weighted by atomic mass is 10.2. The zero-order valence-corrected chi connectivity index (χ0v) is 6.59. The Morgan fingerprint density at radius 2 is 2.30 bits per heavy atom. The van der Waals surface area contributed by atoms with Gasteiger partial charge in [-0.3, -0.25) is 0 Å². The molecule has 1 heterocycles. The highest BCUT2D eigenvalue weighted by atomic mass is 15.5. The van der Waals surface area contributed by atoms with E-state index in [0.717, 1.165) is 5.92 Å². The number of likely N-dealkylation sites (N-methyl/N-ethyl adjacent to an activating group) is 1. The summed E-state index contributed by atoms with van der Waals surface area (Å²) >= 11 is 0. The molecule has 1 aliphatic heterocycles. The van der Waals surface area contributed by atoms with E-state index in [1.165, 1.54) is 18.5 Å². The molecule has 2 aliphatic rings. The zero-order chi connectivity index (χ0) is 7.14. The van der Waals surface area contributed by atoms with Crippen molar-refractivity contribution in [1.82, 2.24) is 10.4 Å². The quantitative estimate of drug-likeness (QED) is 0.584. The molecule has 10 heavy (non-hydrogen) atoms. The maximum absolute atomic E-state index is 3.36. The van der Waals surface area contributed by atoms with Crippen LogP contribution < -0.4 is 5.43 Å². The fourth-order valence-electron chi connectivity index (χ4n) is 1.34. The van der Waals surface area contributed by atoms with Gasteiger partial charge in [-0.1, -0.05) is 0 Å². The van der Waals surface area contributed by atoms with Crippen LogP contribution in [-0.4, -0.2) is 18.1 Å². The Bertz CT molecular complexity index is 170. The molecule has 2 heteroatoms. The van der Waals surface area contributed by atoms with Crippen LogP contribution in [0.4, 0.5) is 0 Å². The number of hydrazine groups is 1. The first kappa shape index (κ1) is 6.23. The van der Waals surface area contributed by atoms with Crippen LogP contribution in [0.2, 0.25) is 0 Å². The standard InChI is InChI=1S/C8H14N2/c1-6-5-8(7-3-4-7)9-10(6)2/h5-7,9H,3-4H2,1-2H3/t6-/m1/s1. The molecule has 0 unspecified atom stereocenters. The maximum Gasteiger partial charge on any atom is 0.0459 e. The molecule has 0 aromatic carbocycles. The first-order chi connectivity index (χ1) is 4.77. The lowest BCUT2D eigenvalue weighted by Gasteiger charge is -2.15. The van der Waals surface area contributed by atoms with Gasteiger partial charge in [0.1, 0.15) is 0 Å². The molecule has 1 N–H and O–H groups in total. The second-order valence-electron chi connectivity index (χ2n) is 3.36. The molecule has 0 spiro atoms. The second kappa shape index (κ2) is 1.99. The SMILES string of the molecule is C[C@@H]1C=C(C2CC2)NN1C. The van der Waals surface area contributed by atoms with E-state index in [9.17, 15) is 0 Å². The minimum atomic E-state index is 0.579. The molecule has 0 aromatic heterocycles. The number of hydrogen-bond donors (Lipinski definition) is 1. The van der Waals surface area contributed by atoms with Crippen LogP contribution in [0, 0.1) is 5.92 Å². The fraction of sp³-hybridized carbons (Fsp3) is 0.750. The van der Waals surface area contributed by atoms with Crippen molar-refractivity contribution in [2.75, 3.05) is 7.05 Å². The summed E-state index contributed by atoms with van der Waals surface area (Å²) in [5, 5.41) is 2.16. The van der Waals surface area contributed by atoms with Crippen molar-refractivity contribution in [3.8, 4) is 0 Å². The predicted octanol–water partition coefficient (Wildman–Crippen LogP) is 1.12. The van der Waals surface area contributed by atoms with Crippen molar-refractivity contribution >= 4 is 0 Å². The summed E-state index contributed by atoms with van der Waals surface area (Å²) in [6, 6.07) is 0.579. The summed E-state index contributed by atoms with van der Waals surface area (Å²) in [6.45, 7) is 2.21. The van der Waals surface area contributed by atoms with E-state index in [0.29, 0.717) is 6.04 Å². The molecular formula is C8H14N2. The van der Waals surface area contributed by atoms with Crippen molar-refractivity contribution in [2.24, 2.45) is 5.92 Å². The number of rotatable bonds is 1. The number of nitrogens with zero attached hydrogens (tertiary/aromatic N) is 1. The van der Waals surface area contributed by atoms with E-state index in [2.05, 4.69) is 30.5 Å². The Morgan fingerprint density at radius 1 is 1.60 bits per heavy atom. The predicted molar refractivity (Wildman–Crippen MR) is 41.2 cm³/mol. The maximum atomic E-state index is 3.36. The molecule has 2 nitrogen and oxygen atoms in total. The normalized spacial score (nSPS) is 33.8. The van der Waals surface area contributed by atoms with Crippen molar-refractivity contribution in [3.05, 3.63) is 11.8 Å². The minimum Gasteiger partial charge on any atom is -0.323 e. The lowest BCUT2D eigenvalue weighted by Crippen LogP contribution is -2.33. The number of allylic oxidation sites excluding steroid dienone is 1. The van der Waals surface area contributed by atoms with Gasteiger partial charge in [0.25, 0.3) is 0 Å². The van der Waals surface area contributed by atoms with Gasteiger partial charge >= 0.3 is 0 Å². The molecule has 1 atom stereocenters. The Balaban J connectivity index is 2.04. The molecule has 1 fully saturated rings. The monoisotopic (exact) mass is 138 g/mol. The van der Waals surface area contributed by atoms with E-state index in [4.69, 9.17) is 0 Å². The van der Waals surface area contributed by atoms with Gasteiger partial charge < -0.3 is 5.43 Å². The molecule has 0 bridgehead atoms. The van der Waals surface area contributed by atoms with Crippen molar-refractivity contribution < 1.29 is 0 Å². The number of nitrogens with one attached hydrogen (secondary N) is 1. The van der Waals surface area contributed by atoms with Gasteiger partial charge in [0, 0.05) is 18.8 Å². The highest BCUT2D eigenvalue weighted by Gasteiger charge is 2.30. The third kappa shape index (κ3) is 0.926. The van der Waals surface area contributed by atoms with Crippen LogP contribution in [0.25, 0.3) is 0 Å². The fourth-order valence-corrected chi connectivity index (χ4v) is 1.34. The molecule has 1 aliphatic carbocycles. The summed E-state index contributed by atoms with van der Waals surface area (Å²) in [5.41, 5.74) is 4.81. The molecule has 0 aromatic rings. The summed E-state index contributed by atoms with van der Waals surface area (Å²) in [4.78, 5) is 0. The summed E-state index contributed by atoms with van der Waals surface area (Å²) in [6.07, 6.45) is 5.11. The van der Waals surface area contributed by atoms with E-state index in [-0.39, 0.29) is 0 Å². The Morgan fingerprint density at radius 3 is 2.70 bits per heavy atom.